The molecule has 0 radical (unpaired) electrons. The molecular formula is C14H19NO2. The van der Waals surface area contributed by atoms with E-state index in [0.29, 0.717) is 13.3 Å². The lowest BCUT2D eigenvalue weighted by Crippen LogP contribution is -2.47. The Hall–Kier alpha value is -1.16. The summed E-state index contributed by atoms with van der Waals surface area (Å²) in [5, 5.41) is 12.9. The summed E-state index contributed by atoms with van der Waals surface area (Å²) in [6, 6.07) is 10.3. The second-order valence-corrected chi connectivity index (χ2v) is 4.42. The smallest absolute Gasteiger partial charge is 0.0970 e. The lowest BCUT2D eigenvalue weighted by molar-refractivity contribution is -0.0214. The summed E-state index contributed by atoms with van der Waals surface area (Å²) in [5.74, 6) is 0.115. The molecule has 1 aromatic rings. The van der Waals surface area contributed by atoms with Crippen LogP contribution < -0.4 is 5.32 Å². The van der Waals surface area contributed by atoms with Crippen molar-refractivity contribution in [3.63, 3.8) is 0 Å². The van der Waals surface area contributed by atoms with E-state index in [0.717, 1.165) is 0 Å². The van der Waals surface area contributed by atoms with E-state index < -0.39 is 0 Å². The maximum atomic E-state index is 9.69. The number of rotatable bonds is 3. The molecule has 1 saturated heterocycles. The number of benzene rings is 1. The zero-order valence-corrected chi connectivity index (χ0v) is 10.0. The molecule has 2 N–H and O–H groups in total. The minimum absolute atomic E-state index is 0.115. The molecule has 3 heteroatoms. The summed E-state index contributed by atoms with van der Waals surface area (Å²) < 4.78 is 5.32. The van der Waals surface area contributed by atoms with Crippen LogP contribution in [0.2, 0.25) is 0 Å². The molecule has 92 valence electrons. The predicted octanol–water partition coefficient (Wildman–Crippen LogP) is 1.64. The van der Waals surface area contributed by atoms with Crippen molar-refractivity contribution >= 4 is 6.08 Å². The Balaban J connectivity index is 2.03. The molecule has 0 saturated carbocycles. The predicted molar refractivity (Wildman–Crippen MR) is 68.4 cm³/mol. The largest absolute Gasteiger partial charge is 0.393 e. The Labute approximate surface area is 102 Å². The van der Waals surface area contributed by atoms with Crippen molar-refractivity contribution < 1.29 is 9.84 Å². The van der Waals surface area contributed by atoms with Crippen LogP contribution in [0.3, 0.4) is 0 Å². The Morgan fingerprint density at radius 2 is 2.18 bits per heavy atom. The molecule has 0 aromatic heterocycles. The average Bonchev–Trinajstić information content (AvgIpc) is 2.38. The zero-order chi connectivity index (χ0) is 12.1. The van der Waals surface area contributed by atoms with Crippen LogP contribution in [0.1, 0.15) is 12.5 Å². The van der Waals surface area contributed by atoms with Crippen molar-refractivity contribution in [2.24, 2.45) is 5.92 Å². The van der Waals surface area contributed by atoms with Crippen LogP contribution in [0.25, 0.3) is 6.08 Å². The van der Waals surface area contributed by atoms with Crippen LogP contribution in [-0.2, 0) is 4.74 Å². The molecule has 1 aliphatic heterocycles. The number of aliphatic hydroxyl groups is 1. The van der Waals surface area contributed by atoms with Crippen LogP contribution in [-0.4, -0.2) is 30.6 Å². The van der Waals surface area contributed by atoms with Gasteiger partial charge in [0, 0.05) is 12.0 Å². The normalized spacial score (nSPS) is 27.2. The Morgan fingerprint density at radius 3 is 2.88 bits per heavy atom. The number of hydrogen-bond donors (Lipinski definition) is 2. The minimum atomic E-state index is -0.367. The van der Waals surface area contributed by atoms with Crippen LogP contribution >= 0.6 is 0 Å². The highest BCUT2D eigenvalue weighted by Crippen LogP contribution is 2.16. The lowest BCUT2D eigenvalue weighted by atomic mass is 9.93. The highest BCUT2D eigenvalue weighted by Gasteiger charge is 2.26. The van der Waals surface area contributed by atoms with Gasteiger partial charge in [-0.3, -0.25) is 5.32 Å². The fourth-order valence-electron chi connectivity index (χ4n) is 2.03. The van der Waals surface area contributed by atoms with Crippen molar-refractivity contribution in [1.82, 2.24) is 5.32 Å². The minimum Gasteiger partial charge on any atom is -0.393 e. The van der Waals surface area contributed by atoms with E-state index in [4.69, 9.17) is 4.74 Å². The molecule has 0 aliphatic carbocycles. The van der Waals surface area contributed by atoms with Gasteiger partial charge in [0.15, 0.2) is 0 Å². The van der Waals surface area contributed by atoms with E-state index in [9.17, 15) is 5.11 Å². The van der Waals surface area contributed by atoms with E-state index in [2.05, 4.69) is 29.6 Å². The molecule has 0 bridgehead atoms. The fourth-order valence-corrected chi connectivity index (χ4v) is 2.03. The van der Waals surface area contributed by atoms with Crippen molar-refractivity contribution in [3.8, 4) is 0 Å². The summed E-state index contributed by atoms with van der Waals surface area (Å²) in [6.07, 6.45) is 3.82. The first-order valence-electron chi connectivity index (χ1n) is 6.00. The maximum Gasteiger partial charge on any atom is 0.0970 e. The molecule has 0 amide bonds. The van der Waals surface area contributed by atoms with Gasteiger partial charge < -0.3 is 9.84 Å². The molecule has 2 rings (SSSR count). The molecule has 3 unspecified atom stereocenters. The molecule has 1 heterocycles. The van der Waals surface area contributed by atoms with Crippen molar-refractivity contribution in [2.45, 2.75) is 19.1 Å². The summed E-state index contributed by atoms with van der Waals surface area (Å²) >= 11 is 0. The van der Waals surface area contributed by atoms with E-state index >= 15 is 0 Å². The lowest BCUT2D eigenvalue weighted by Gasteiger charge is -2.32. The zero-order valence-electron chi connectivity index (χ0n) is 10.0. The highest BCUT2D eigenvalue weighted by atomic mass is 16.5. The van der Waals surface area contributed by atoms with Gasteiger partial charge in [-0.05, 0) is 12.5 Å². The number of nitrogens with one attached hydrogen (secondary N) is 1. The van der Waals surface area contributed by atoms with Gasteiger partial charge in [0.05, 0.1) is 19.4 Å². The van der Waals surface area contributed by atoms with Crippen molar-refractivity contribution in [2.75, 3.05) is 13.3 Å². The van der Waals surface area contributed by atoms with Gasteiger partial charge in [-0.15, -0.1) is 0 Å². The molecule has 0 spiro atoms. The third kappa shape index (κ3) is 3.40. The van der Waals surface area contributed by atoms with E-state index in [1.165, 1.54) is 5.56 Å². The summed E-state index contributed by atoms with van der Waals surface area (Å²) in [7, 11) is 0. The molecule has 1 aliphatic rings. The Bertz CT molecular complexity index is 362. The molecule has 1 fully saturated rings. The van der Waals surface area contributed by atoms with E-state index in [-0.39, 0.29) is 18.1 Å². The summed E-state index contributed by atoms with van der Waals surface area (Å²) in [6.45, 7) is 2.96. The van der Waals surface area contributed by atoms with E-state index in [1.54, 1.807) is 0 Å². The second-order valence-electron chi connectivity index (χ2n) is 4.42. The summed E-state index contributed by atoms with van der Waals surface area (Å²) in [4.78, 5) is 0. The molecule has 17 heavy (non-hydrogen) atoms. The third-order valence-electron chi connectivity index (χ3n) is 3.11. The first kappa shape index (κ1) is 12.3. The Kier molecular flexibility index (Phi) is 4.31. The van der Waals surface area contributed by atoms with Gasteiger partial charge in [-0.2, -0.15) is 0 Å². The first-order valence-corrected chi connectivity index (χ1v) is 6.00. The highest BCUT2D eigenvalue weighted by molar-refractivity contribution is 5.49. The van der Waals surface area contributed by atoms with Gasteiger partial charge in [0.25, 0.3) is 0 Å². The molecule has 1 aromatic carbocycles. The SMILES string of the molecule is CC(O)C1COCNC1C=Cc1ccccc1. The van der Waals surface area contributed by atoms with E-state index in [1.807, 2.05) is 25.1 Å². The monoisotopic (exact) mass is 233 g/mol. The number of ether oxygens (including phenoxy) is 1. The number of aliphatic hydroxyl groups excluding tert-OH is 1. The van der Waals surface area contributed by atoms with Gasteiger partial charge >= 0.3 is 0 Å². The average molecular weight is 233 g/mol. The third-order valence-corrected chi connectivity index (χ3v) is 3.11. The molecule has 3 atom stereocenters. The van der Waals surface area contributed by atoms with Gasteiger partial charge in [0.1, 0.15) is 0 Å². The van der Waals surface area contributed by atoms with Crippen molar-refractivity contribution in [1.29, 1.82) is 0 Å². The standard InChI is InChI=1S/C14H19NO2/c1-11(16)13-9-17-10-15-14(13)8-7-12-5-3-2-4-6-12/h2-8,11,13-16H,9-10H2,1H3. The molecular weight excluding hydrogens is 214 g/mol. The van der Waals surface area contributed by atoms with Crippen LogP contribution in [0.15, 0.2) is 36.4 Å². The fraction of sp³-hybridized carbons (Fsp3) is 0.429. The van der Waals surface area contributed by atoms with Gasteiger partial charge in [0.2, 0.25) is 0 Å². The number of hydrogen-bond acceptors (Lipinski definition) is 3. The van der Waals surface area contributed by atoms with Crippen molar-refractivity contribution in [3.05, 3.63) is 42.0 Å². The van der Waals surface area contributed by atoms with Crippen LogP contribution in [0.5, 0.6) is 0 Å². The Morgan fingerprint density at radius 1 is 1.41 bits per heavy atom. The topological polar surface area (TPSA) is 41.5 Å². The summed E-state index contributed by atoms with van der Waals surface area (Å²) in [5.41, 5.74) is 1.17. The molecule has 3 nitrogen and oxygen atoms in total. The first-order chi connectivity index (χ1) is 8.27. The van der Waals surface area contributed by atoms with Crippen LogP contribution in [0.4, 0.5) is 0 Å². The second kappa shape index (κ2) is 5.96. The maximum absolute atomic E-state index is 9.69. The van der Waals surface area contributed by atoms with Crippen LogP contribution in [0, 0.1) is 5.92 Å². The van der Waals surface area contributed by atoms with Gasteiger partial charge in [-0.25, -0.2) is 0 Å². The quantitative estimate of drug-likeness (QED) is 0.834. The van der Waals surface area contributed by atoms with Gasteiger partial charge in [-0.1, -0.05) is 42.5 Å².